The maximum absolute atomic E-state index is 10.5. The molecule has 0 saturated carbocycles. The Balaban J connectivity index is 0.00000256. The average molecular weight is 462 g/mol. The van der Waals surface area contributed by atoms with Gasteiger partial charge in [0.15, 0.2) is 0 Å². The first-order valence-electron chi connectivity index (χ1n) is 9.38. The molecule has 0 aliphatic carbocycles. The van der Waals surface area contributed by atoms with Gasteiger partial charge < -0.3 is 16.1 Å². The van der Waals surface area contributed by atoms with Crippen molar-refractivity contribution in [3.8, 4) is 22.3 Å². The second kappa shape index (κ2) is 10.2. The molecule has 4 rings (SSSR count). The minimum atomic E-state index is -0.169. The van der Waals surface area contributed by atoms with E-state index in [9.17, 15) is 5.41 Å². The Morgan fingerprint density at radius 3 is 1.53 bits per heavy atom. The summed E-state index contributed by atoms with van der Waals surface area (Å²) < 4.78 is 0. The Bertz CT molecular complexity index is 1170. The molecule has 0 spiro atoms. The molecule has 0 fully saturated rings. The first-order valence-corrected chi connectivity index (χ1v) is 9.38. The number of rotatable bonds is 4. The van der Waals surface area contributed by atoms with E-state index >= 15 is 0 Å². The third-order valence-electron chi connectivity index (χ3n) is 4.69. The van der Waals surface area contributed by atoms with Crippen LogP contribution < -0.4 is 0 Å². The molecule has 0 atom stereocenters. The Morgan fingerprint density at radius 1 is 0.567 bits per heavy atom. The van der Waals surface area contributed by atoms with Gasteiger partial charge >= 0.3 is 0 Å². The SMILES string of the molecule is [N-]=C(N=C([NH-])c1cccc(-c2ccccc2)c1)c1cccc(-c2ccccc2)c1.[Y]. The van der Waals surface area contributed by atoms with Gasteiger partial charge in [0.05, 0.1) is 0 Å². The minimum Gasteiger partial charge on any atom is -0.482 e. The molecule has 0 heterocycles. The summed E-state index contributed by atoms with van der Waals surface area (Å²) in [5, 5.41) is 10.5. The van der Waals surface area contributed by atoms with E-state index < -0.39 is 0 Å². The van der Waals surface area contributed by atoms with Crippen molar-refractivity contribution in [3.63, 3.8) is 0 Å². The number of aliphatic imine (C=N–C) groups is 1. The molecule has 4 heteroatoms. The maximum atomic E-state index is 10.5. The zero-order valence-electron chi connectivity index (χ0n) is 16.4. The van der Waals surface area contributed by atoms with Crippen LogP contribution in [0.15, 0.2) is 114 Å². The third-order valence-corrected chi connectivity index (χ3v) is 4.69. The zero-order valence-corrected chi connectivity index (χ0v) is 19.2. The van der Waals surface area contributed by atoms with Gasteiger partial charge in [-0.05, 0) is 45.5 Å². The van der Waals surface area contributed by atoms with Crippen LogP contribution in [0.3, 0.4) is 0 Å². The molecule has 0 aliphatic heterocycles. The van der Waals surface area contributed by atoms with Crippen LogP contribution in [0, 0.1) is 0 Å². The summed E-state index contributed by atoms with van der Waals surface area (Å²) in [4.78, 5) is 4.14. The fourth-order valence-corrected chi connectivity index (χ4v) is 3.18. The second-order valence-corrected chi connectivity index (χ2v) is 6.68. The van der Waals surface area contributed by atoms with Crippen molar-refractivity contribution in [2.45, 2.75) is 0 Å². The van der Waals surface area contributed by atoms with Crippen LogP contribution in [0.1, 0.15) is 11.1 Å². The molecule has 4 aromatic carbocycles. The summed E-state index contributed by atoms with van der Waals surface area (Å²) in [6.45, 7) is 0. The van der Waals surface area contributed by atoms with Crippen molar-refractivity contribution in [3.05, 3.63) is 131 Å². The van der Waals surface area contributed by atoms with E-state index in [0.29, 0.717) is 11.1 Å². The maximum Gasteiger partial charge on any atom is 0 e. The Labute approximate surface area is 202 Å². The summed E-state index contributed by atoms with van der Waals surface area (Å²) in [7, 11) is 0. The molecule has 0 aliphatic rings. The van der Waals surface area contributed by atoms with Crippen LogP contribution in [-0.4, -0.2) is 11.7 Å². The standard InChI is InChI=1S/C26H19N3.Y/c27-25(23-15-7-13-21(17-23)19-9-3-1-4-10-19)29-26(28)24-16-8-14-22(18-24)20-11-5-2-6-12-20;/h1-18H,(H-2,27,28,29);/q-2;. The van der Waals surface area contributed by atoms with Gasteiger partial charge in [0.1, 0.15) is 0 Å². The van der Waals surface area contributed by atoms with Crippen LogP contribution >= 0.6 is 0 Å². The van der Waals surface area contributed by atoms with Gasteiger partial charge in [-0.2, -0.15) is 0 Å². The van der Waals surface area contributed by atoms with Gasteiger partial charge in [0, 0.05) is 32.7 Å². The molecule has 30 heavy (non-hydrogen) atoms. The van der Waals surface area contributed by atoms with Crippen LogP contribution in [-0.2, 0) is 32.7 Å². The van der Waals surface area contributed by atoms with Crippen LogP contribution in [0.5, 0.6) is 0 Å². The monoisotopic (exact) mass is 462 g/mol. The van der Waals surface area contributed by atoms with Crippen LogP contribution in [0.25, 0.3) is 33.4 Å². The van der Waals surface area contributed by atoms with Crippen molar-refractivity contribution in [1.29, 1.82) is 0 Å². The fraction of sp³-hybridized carbons (Fsp3) is 0. The van der Waals surface area contributed by atoms with Gasteiger partial charge in [0.25, 0.3) is 0 Å². The molecule has 0 aromatic heterocycles. The molecule has 4 aromatic rings. The quantitative estimate of drug-likeness (QED) is 0.236. The topological polar surface area (TPSA) is 58.5 Å². The molecular formula is C26H19N3Y-2. The molecule has 3 nitrogen and oxygen atoms in total. The predicted molar refractivity (Wildman–Crippen MR) is 122 cm³/mol. The summed E-state index contributed by atoms with van der Waals surface area (Å²) in [5.74, 6) is -0.150. The van der Waals surface area contributed by atoms with Gasteiger partial charge in [-0.15, -0.1) is 0 Å². The number of benzene rings is 4. The molecule has 0 amide bonds. The van der Waals surface area contributed by atoms with Crippen molar-refractivity contribution in [2.75, 3.05) is 0 Å². The van der Waals surface area contributed by atoms with E-state index in [1.54, 1.807) is 6.07 Å². The van der Waals surface area contributed by atoms with Gasteiger partial charge in [-0.3, -0.25) is 0 Å². The Hall–Kier alpha value is -2.88. The summed E-state index contributed by atoms with van der Waals surface area (Å²) in [6.07, 6.45) is 0. The Morgan fingerprint density at radius 2 is 1.00 bits per heavy atom. The molecular weight excluding hydrogens is 443 g/mol. The summed E-state index contributed by atoms with van der Waals surface area (Å²) in [6, 6.07) is 35.1. The largest absolute Gasteiger partial charge is 0.482 e. The molecule has 1 N–H and O–H groups in total. The van der Waals surface area contributed by atoms with E-state index in [-0.39, 0.29) is 44.4 Å². The number of nitrogens with zero attached hydrogens (tertiary/aromatic N) is 2. The predicted octanol–water partition coefficient (Wildman–Crippen LogP) is 6.83. The molecule has 0 bridgehead atoms. The Kier molecular flexibility index (Phi) is 7.45. The first kappa shape index (κ1) is 21.8. The first-order chi connectivity index (χ1) is 14.2. The minimum absolute atomic E-state index is 0. The smallest absolute Gasteiger partial charge is 0 e. The summed E-state index contributed by atoms with van der Waals surface area (Å²) >= 11 is 0. The third kappa shape index (κ3) is 5.18. The molecule has 1 radical (unpaired) electrons. The van der Waals surface area contributed by atoms with Gasteiger partial charge in [-0.1, -0.05) is 109 Å². The number of amidine groups is 2. The van der Waals surface area contributed by atoms with E-state index in [1.165, 1.54) is 0 Å². The van der Waals surface area contributed by atoms with E-state index in [1.807, 2.05) is 103 Å². The number of hydrogen-bond donors (Lipinski definition) is 0. The fourth-order valence-electron chi connectivity index (χ4n) is 3.18. The van der Waals surface area contributed by atoms with Crippen LogP contribution in [0.4, 0.5) is 0 Å². The van der Waals surface area contributed by atoms with Crippen molar-refractivity contribution in [2.24, 2.45) is 4.99 Å². The average Bonchev–Trinajstić information content (AvgIpc) is 2.80. The zero-order chi connectivity index (χ0) is 20.1. The van der Waals surface area contributed by atoms with E-state index in [4.69, 9.17) is 5.73 Å². The molecule has 0 unspecified atom stereocenters. The summed E-state index contributed by atoms with van der Waals surface area (Å²) in [5.41, 5.74) is 13.7. The number of hydrogen-bond acceptors (Lipinski definition) is 0. The van der Waals surface area contributed by atoms with E-state index in [0.717, 1.165) is 22.3 Å². The van der Waals surface area contributed by atoms with Crippen molar-refractivity contribution >= 4 is 11.7 Å². The van der Waals surface area contributed by atoms with Crippen molar-refractivity contribution < 1.29 is 32.7 Å². The molecule has 143 valence electrons. The normalized spacial score (nSPS) is 10.9. The van der Waals surface area contributed by atoms with Gasteiger partial charge in [-0.25, -0.2) is 0 Å². The van der Waals surface area contributed by atoms with Gasteiger partial charge in [0.2, 0.25) is 0 Å². The molecule has 0 saturated heterocycles. The second-order valence-electron chi connectivity index (χ2n) is 6.68. The van der Waals surface area contributed by atoms with Crippen molar-refractivity contribution in [1.82, 2.24) is 0 Å². The number of nitrogens with one attached hydrogen (secondary N) is 1. The van der Waals surface area contributed by atoms with E-state index in [2.05, 4.69) is 4.99 Å². The van der Waals surface area contributed by atoms with Crippen LogP contribution in [0.2, 0.25) is 0 Å².